The maximum atomic E-state index is 10.8. The van der Waals surface area contributed by atoms with E-state index in [-0.39, 0.29) is 88.7 Å². The van der Waals surface area contributed by atoms with E-state index in [0.717, 1.165) is 0 Å². The average Bonchev–Trinajstić information content (AvgIpc) is 2.32. The van der Waals surface area contributed by atoms with Crippen LogP contribution in [0.5, 0.6) is 0 Å². The fraction of sp³-hybridized carbons (Fsp3) is 1.00. The van der Waals surface area contributed by atoms with Crippen molar-refractivity contribution in [2.45, 2.75) is 36.6 Å². The van der Waals surface area contributed by atoms with E-state index in [9.17, 15) is 43.7 Å². The smallest absolute Gasteiger partial charge is 0.756 e. The van der Waals surface area contributed by atoms with Gasteiger partial charge in [-0.2, -0.15) is 0 Å². The van der Waals surface area contributed by atoms with Crippen LogP contribution in [-0.4, -0.2) is 66.6 Å². The molecule has 0 aromatic carbocycles. The van der Waals surface area contributed by atoms with Gasteiger partial charge in [-0.25, -0.2) is 0 Å². The van der Waals surface area contributed by atoms with Gasteiger partial charge in [-0.15, -0.1) is 0 Å². The van der Waals surface area contributed by atoms with Gasteiger partial charge in [0.2, 0.25) is 0 Å². The predicted octanol–water partition coefficient (Wildman–Crippen LogP) is -14.4. The van der Waals surface area contributed by atoms with Gasteiger partial charge in [0.1, 0.15) is 36.6 Å². The van der Waals surface area contributed by atoms with Crippen LogP contribution in [0.2, 0.25) is 0 Å². The molecular formula is C6H12Na3O15P3. The zero-order valence-corrected chi connectivity index (χ0v) is 22.8. The van der Waals surface area contributed by atoms with Gasteiger partial charge in [0.25, 0.3) is 23.5 Å². The molecule has 0 radical (unpaired) electrons. The van der Waals surface area contributed by atoms with Crippen LogP contribution in [0, 0.1) is 0 Å². The van der Waals surface area contributed by atoms with Crippen molar-refractivity contribution in [1.82, 2.24) is 0 Å². The third-order valence-electron chi connectivity index (χ3n) is 2.78. The normalized spacial score (nSPS) is 37.2. The van der Waals surface area contributed by atoms with Gasteiger partial charge in [-0.3, -0.25) is 13.7 Å². The van der Waals surface area contributed by atoms with Gasteiger partial charge in [-0.1, -0.05) is 0 Å². The van der Waals surface area contributed by atoms with E-state index in [0.29, 0.717) is 0 Å². The number of rotatable bonds is 6. The Balaban J connectivity index is -0.00000192. The summed E-state index contributed by atoms with van der Waals surface area (Å²) >= 11 is 0. The van der Waals surface area contributed by atoms with Crippen LogP contribution in [-0.2, 0) is 27.3 Å². The molecule has 27 heavy (non-hydrogen) atoms. The molecule has 1 saturated carbocycles. The molecule has 9 atom stereocenters. The Bertz CT molecular complexity index is 587. The SMILES string of the molecule is O=P([O-])(O)O[C@@H]1[C@H](O)[C@H](O)[C@@H](OP(=O)([O-])O)[C@H](OP(=O)([O-])O)[C@H]1O.[Na+].[Na+].[Na+]. The number of phosphoric acid groups is 3. The van der Waals surface area contributed by atoms with Crippen molar-refractivity contribution in [1.29, 1.82) is 0 Å². The molecule has 1 rings (SSSR count). The number of phosphoric ester groups is 3. The minimum atomic E-state index is -5.72. The van der Waals surface area contributed by atoms with Crippen LogP contribution in [0.3, 0.4) is 0 Å². The van der Waals surface area contributed by atoms with Gasteiger partial charge >= 0.3 is 88.7 Å². The largest absolute Gasteiger partial charge is 1.00 e. The summed E-state index contributed by atoms with van der Waals surface area (Å²) in [7, 11) is -17.0. The maximum absolute atomic E-state index is 10.8. The van der Waals surface area contributed by atoms with Crippen LogP contribution in [0.4, 0.5) is 0 Å². The first-order valence-electron chi connectivity index (χ1n) is 5.72. The van der Waals surface area contributed by atoms with E-state index >= 15 is 0 Å². The zero-order valence-electron chi connectivity index (χ0n) is 14.2. The Morgan fingerprint density at radius 2 is 0.778 bits per heavy atom. The summed E-state index contributed by atoms with van der Waals surface area (Å²) in [5.41, 5.74) is 0. The first-order chi connectivity index (χ1) is 10.5. The summed E-state index contributed by atoms with van der Waals surface area (Å²) in [6, 6.07) is 0. The van der Waals surface area contributed by atoms with Gasteiger partial charge in [-0.05, 0) is 0 Å². The van der Waals surface area contributed by atoms with Gasteiger partial charge in [0.15, 0.2) is 0 Å². The molecule has 3 unspecified atom stereocenters. The molecule has 0 bridgehead atoms. The second kappa shape index (κ2) is 13.0. The fourth-order valence-electron chi connectivity index (χ4n) is 2.00. The van der Waals surface area contributed by atoms with Crippen molar-refractivity contribution in [3.05, 3.63) is 0 Å². The van der Waals surface area contributed by atoms with Crippen molar-refractivity contribution in [2.75, 3.05) is 0 Å². The number of hydrogen-bond donors (Lipinski definition) is 6. The molecule has 1 fully saturated rings. The molecule has 15 nitrogen and oxygen atoms in total. The molecule has 0 heterocycles. The summed E-state index contributed by atoms with van der Waals surface area (Å²) in [6.45, 7) is 0. The van der Waals surface area contributed by atoms with Crippen LogP contribution < -0.4 is 103 Å². The summed E-state index contributed by atoms with van der Waals surface area (Å²) in [5.74, 6) is 0. The van der Waals surface area contributed by atoms with Crippen molar-refractivity contribution in [2.24, 2.45) is 0 Å². The van der Waals surface area contributed by atoms with Gasteiger partial charge in [0, 0.05) is 0 Å². The van der Waals surface area contributed by atoms with Gasteiger partial charge in [0.05, 0.1) is 0 Å². The summed E-state index contributed by atoms with van der Waals surface area (Å²) in [4.78, 5) is 58.0. The van der Waals surface area contributed by atoms with E-state index in [1.54, 1.807) is 0 Å². The molecule has 0 aromatic rings. The monoisotopic (exact) mass is 486 g/mol. The predicted molar refractivity (Wildman–Crippen MR) is 62.1 cm³/mol. The summed E-state index contributed by atoms with van der Waals surface area (Å²) in [5, 5.41) is 29.1. The van der Waals surface area contributed by atoms with Crippen molar-refractivity contribution >= 4 is 23.5 Å². The Morgan fingerprint density at radius 1 is 0.556 bits per heavy atom. The molecule has 144 valence electrons. The second-order valence-corrected chi connectivity index (χ2v) is 8.03. The Morgan fingerprint density at radius 3 is 1.07 bits per heavy atom. The molecule has 1 aliphatic rings. The molecule has 0 aliphatic heterocycles. The second-order valence-electron chi connectivity index (χ2n) is 4.59. The Hall–Kier alpha value is 3.21. The number of aliphatic hydroxyl groups excluding tert-OH is 3. The quantitative estimate of drug-likeness (QED) is 0.150. The molecular weight excluding hydrogens is 474 g/mol. The molecule has 0 amide bonds. The first-order valence-corrected chi connectivity index (χ1v) is 10.2. The number of hydrogen-bond acceptors (Lipinski definition) is 12. The van der Waals surface area contributed by atoms with E-state index in [1.165, 1.54) is 0 Å². The summed E-state index contributed by atoms with van der Waals surface area (Å²) in [6.07, 6.45) is -15.0. The maximum Gasteiger partial charge on any atom is 1.00 e. The number of aliphatic hydroxyl groups is 3. The van der Waals surface area contributed by atoms with Crippen molar-refractivity contribution < 1.29 is 161 Å². The standard InChI is InChI=1S/C6H15O15P3.3Na/c7-1-2(8)5(20-23(13,14)15)6(21-24(16,17)18)3(9)4(1)19-22(10,11)12;;;/h1-9H,(H2,10,11,12)(H2,13,14,15)(H2,16,17,18);;;/q;3*+1/p-3/t1-,2+,3+,4-,5-,6-;;;/m1.../s1. The molecule has 0 spiro atoms. The first kappa shape index (κ1) is 34.8. The molecule has 6 N–H and O–H groups in total. The topological polar surface area (TPSA) is 269 Å². The summed E-state index contributed by atoms with van der Waals surface area (Å²) < 4.78 is 43.9. The molecule has 0 saturated heterocycles. The van der Waals surface area contributed by atoms with E-state index in [1.807, 2.05) is 0 Å². The minimum absolute atomic E-state index is 0. The van der Waals surface area contributed by atoms with E-state index < -0.39 is 60.1 Å². The average molecular weight is 486 g/mol. The Labute approximate surface area is 218 Å². The van der Waals surface area contributed by atoms with E-state index in [2.05, 4.69) is 13.6 Å². The van der Waals surface area contributed by atoms with Crippen LogP contribution >= 0.6 is 23.5 Å². The molecule has 21 heteroatoms. The minimum Gasteiger partial charge on any atom is -0.756 e. The van der Waals surface area contributed by atoms with Gasteiger partial charge < -0.3 is 58.3 Å². The van der Waals surface area contributed by atoms with Crippen LogP contribution in [0.15, 0.2) is 0 Å². The fourth-order valence-corrected chi connectivity index (χ4v) is 3.66. The zero-order chi connectivity index (χ0) is 19.1. The van der Waals surface area contributed by atoms with Crippen LogP contribution in [0.1, 0.15) is 0 Å². The van der Waals surface area contributed by atoms with E-state index in [4.69, 9.17) is 14.7 Å². The van der Waals surface area contributed by atoms with Crippen molar-refractivity contribution in [3.63, 3.8) is 0 Å². The third-order valence-corrected chi connectivity index (χ3v) is 4.31. The molecule has 0 aromatic heterocycles. The molecule has 1 aliphatic carbocycles. The van der Waals surface area contributed by atoms with Crippen molar-refractivity contribution in [3.8, 4) is 0 Å². The van der Waals surface area contributed by atoms with Crippen LogP contribution in [0.25, 0.3) is 0 Å². The Kier molecular flexibility index (Phi) is 16.8. The third kappa shape index (κ3) is 12.1.